The average Bonchev–Trinajstić information content (AvgIpc) is 2.43. The highest BCUT2D eigenvalue weighted by atomic mass is 16.4. The van der Waals surface area contributed by atoms with Gasteiger partial charge in [-0.3, -0.25) is 9.59 Å². The van der Waals surface area contributed by atoms with Crippen molar-refractivity contribution in [3.63, 3.8) is 0 Å². The molecule has 1 unspecified atom stereocenters. The fourth-order valence-corrected chi connectivity index (χ4v) is 2.17. The van der Waals surface area contributed by atoms with Crippen LogP contribution in [0.5, 0.6) is 0 Å². The number of nitrogens with zero attached hydrogens (tertiary/aromatic N) is 1. The number of carboxylic acids is 1. The van der Waals surface area contributed by atoms with Crippen molar-refractivity contribution in [2.45, 2.75) is 51.9 Å². The van der Waals surface area contributed by atoms with E-state index < -0.39 is 5.97 Å². The Morgan fingerprint density at radius 2 is 2.12 bits per heavy atom. The lowest BCUT2D eigenvalue weighted by Crippen LogP contribution is -2.31. The lowest BCUT2D eigenvalue weighted by Gasteiger charge is -2.20. The number of aliphatic carboxylic acids is 1. The van der Waals surface area contributed by atoms with E-state index in [9.17, 15) is 9.59 Å². The maximum Gasteiger partial charge on any atom is 0.303 e. The molecule has 0 aromatic heterocycles. The van der Waals surface area contributed by atoms with Gasteiger partial charge in [-0.15, -0.1) is 0 Å². The first-order valence-electron chi connectivity index (χ1n) is 6.59. The lowest BCUT2D eigenvalue weighted by atomic mass is 10.0. The van der Waals surface area contributed by atoms with Crippen LogP contribution in [0.15, 0.2) is 0 Å². The number of hydrogen-bond acceptors (Lipinski definition) is 2. The zero-order valence-electron chi connectivity index (χ0n) is 10.7. The Morgan fingerprint density at radius 1 is 1.35 bits per heavy atom. The molecule has 1 aliphatic rings. The summed E-state index contributed by atoms with van der Waals surface area (Å²) >= 11 is 0. The molecule has 0 bridgehead atoms. The Kier molecular flexibility index (Phi) is 6.01. The quantitative estimate of drug-likeness (QED) is 0.726. The first kappa shape index (κ1) is 14.0. The highest BCUT2D eigenvalue weighted by Crippen LogP contribution is 2.17. The molecule has 1 rings (SSSR count). The molecule has 1 fully saturated rings. The molecule has 1 atom stereocenters. The number of amides is 1. The Balaban J connectivity index is 2.16. The minimum Gasteiger partial charge on any atom is -0.481 e. The van der Waals surface area contributed by atoms with Gasteiger partial charge >= 0.3 is 5.97 Å². The van der Waals surface area contributed by atoms with Gasteiger partial charge in [-0.1, -0.05) is 13.3 Å². The topological polar surface area (TPSA) is 57.6 Å². The van der Waals surface area contributed by atoms with Gasteiger partial charge in [0.05, 0.1) is 0 Å². The summed E-state index contributed by atoms with van der Waals surface area (Å²) in [5.41, 5.74) is 0. The zero-order chi connectivity index (χ0) is 12.7. The van der Waals surface area contributed by atoms with Gasteiger partial charge in [-0.2, -0.15) is 0 Å². The van der Waals surface area contributed by atoms with E-state index in [0.717, 1.165) is 38.8 Å². The molecule has 17 heavy (non-hydrogen) atoms. The highest BCUT2D eigenvalue weighted by Gasteiger charge is 2.19. The van der Waals surface area contributed by atoms with E-state index in [0.29, 0.717) is 18.8 Å². The number of hydrogen-bond donors (Lipinski definition) is 1. The van der Waals surface area contributed by atoms with Crippen LogP contribution in [0.3, 0.4) is 0 Å². The van der Waals surface area contributed by atoms with E-state index in [1.165, 1.54) is 0 Å². The second kappa shape index (κ2) is 7.30. The number of carbonyl (C=O) groups excluding carboxylic acids is 1. The monoisotopic (exact) mass is 241 g/mol. The minimum absolute atomic E-state index is 0.241. The van der Waals surface area contributed by atoms with Crippen LogP contribution in [0, 0.1) is 5.92 Å². The molecule has 4 nitrogen and oxygen atoms in total. The summed E-state index contributed by atoms with van der Waals surface area (Å²) in [6.45, 7) is 3.87. The van der Waals surface area contributed by atoms with Crippen molar-refractivity contribution in [1.29, 1.82) is 0 Å². The SMILES string of the molecule is CC1CCC(=O)N(CCCCCC(=O)O)CC1. The number of carboxylic acid groups (broad SMARTS) is 1. The van der Waals surface area contributed by atoms with Crippen LogP contribution in [0.2, 0.25) is 0 Å². The summed E-state index contributed by atoms with van der Waals surface area (Å²) in [6.07, 6.45) is 5.56. The third kappa shape index (κ3) is 5.71. The summed E-state index contributed by atoms with van der Waals surface area (Å²) in [5.74, 6) is 0.188. The van der Waals surface area contributed by atoms with Crippen LogP contribution in [-0.2, 0) is 9.59 Å². The van der Waals surface area contributed by atoms with Gasteiger partial charge in [0.15, 0.2) is 0 Å². The van der Waals surface area contributed by atoms with E-state index in [1.807, 2.05) is 4.90 Å². The standard InChI is InChI=1S/C13H23NO3/c1-11-6-7-12(15)14(10-8-11)9-4-2-3-5-13(16)17/h11H,2-10H2,1H3,(H,16,17). The van der Waals surface area contributed by atoms with Gasteiger partial charge in [0, 0.05) is 25.9 Å². The van der Waals surface area contributed by atoms with Crippen molar-refractivity contribution >= 4 is 11.9 Å². The van der Waals surface area contributed by atoms with E-state index in [1.54, 1.807) is 0 Å². The molecule has 4 heteroatoms. The molecule has 1 saturated heterocycles. The van der Waals surface area contributed by atoms with Crippen LogP contribution < -0.4 is 0 Å². The van der Waals surface area contributed by atoms with Gasteiger partial charge in [-0.05, 0) is 31.6 Å². The average molecular weight is 241 g/mol. The molecule has 1 heterocycles. The van der Waals surface area contributed by atoms with Gasteiger partial charge in [0.1, 0.15) is 0 Å². The molecule has 98 valence electrons. The normalized spacial score (nSPS) is 21.4. The molecule has 1 N–H and O–H groups in total. The maximum atomic E-state index is 11.8. The van der Waals surface area contributed by atoms with Crippen molar-refractivity contribution in [3.8, 4) is 0 Å². The van der Waals surface area contributed by atoms with Crippen LogP contribution in [0.4, 0.5) is 0 Å². The summed E-state index contributed by atoms with van der Waals surface area (Å²) in [4.78, 5) is 24.0. The molecule has 0 radical (unpaired) electrons. The molecule has 0 aromatic rings. The fraction of sp³-hybridized carbons (Fsp3) is 0.846. The van der Waals surface area contributed by atoms with Crippen molar-refractivity contribution in [2.24, 2.45) is 5.92 Å². The number of rotatable bonds is 6. The first-order valence-corrected chi connectivity index (χ1v) is 6.59. The van der Waals surface area contributed by atoms with Crippen LogP contribution in [0.1, 0.15) is 51.9 Å². The molecule has 1 aliphatic heterocycles. The number of likely N-dealkylation sites (tertiary alicyclic amines) is 1. The fourth-order valence-electron chi connectivity index (χ4n) is 2.17. The molecule has 1 amide bonds. The molecule has 0 spiro atoms. The first-order chi connectivity index (χ1) is 8.09. The van der Waals surface area contributed by atoms with Gasteiger partial charge in [0.2, 0.25) is 5.91 Å². The van der Waals surface area contributed by atoms with Crippen molar-refractivity contribution in [1.82, 2.24) is 4.90 Å². The predicted octanol–water partition coefficient (Wildman–Crippen LogP) is 2.28. The number of carbonyl (C=O) groups is 2. The van der Waals surface area contributed by atoms with Crippen LogP contribution in [0.25, 0.3) is 0 Å². The molecule has 0 aliphatic carbocycles. The van der Waals surface area contributed by atoms with Crippen molar-refractivity contribution in [3.05, 3.63) is 0 Å². The van der Waals surface area contributed by atoms with Crippen LogP contribution >= 0.6 is 0 Å². The van der Waals surface area contributed by atoms with E-state index >= 15 is 0 Å². The Morgan fingerprint density at radius 3 is 2.82 bits per heavy atom. The van der Waals surface area contributed by atoms with E-state index in [4.69, 9.17) is 5.11 Å². The lowest BCUT2D eigenvalue weighted by molar-refractivity contribution is -0.137. The maximum absolute atomic E-state index is 11.8. The summed E-state index contributed by atoms with van der Waals surface area (Å²) in [5, 5.41) is 8.51. The summed E-state index contributed by atoms with van der Waals surface area (Å²) in [6, 6.07) is 0. The summed E-state index contributed by atoms with van der Waals surface area (Å²) in [7, 11) is 0. The van der Waals surface area contributed by atoms with Crippen molar-refractivity contribution in [2.75, 3.05) is 13.1 Å². The number of unbranched alkanes of at least 4 members (excludes halogenated alkanes) is 2. The Bertz CT molecular complexity index is 265. The predicted molar refractivity (Wildman–Crippen MR) is 65.7 cm³/mol. The van der Waals surface area contributed by atoms with Crippen LogP contribution in [-0.4, -0.2) is 35.0 Å². The third-order valence-electron chi connectivity index (χ3n) is 3.41. The second-order valence-corrected chi connectivity index (χ2v) is 5.02. The molecular weight excluding hydrogens is 218 g/mol. The smallest absolute Gasteiger partial charge is 0.303 e. The van der Waals surface area contributed by atoms with E-state index in [2.05, 4.69) is 6.92 Å². The van der Waals surface area contributed by atoms with E-state index in [-0.39, 0.29) is 12.3 Å². The second-order valence-electron chi connectivity index (χ2n) is 5.02. The molecule has 0 saturated carbocycles. The zero-order valence-corrected chi connectivity index (χ0v) is 10.7. The summed E-state index contributed by atoms with van der Waals surface area (Å²) < 4.78 is 0. The molecule has 0 aromatic carbocycles. The minimum atomic E-state index is -0.732. The largest absolute Gasteiger partial charge is 0.481 e. The Hall–Kier alpha value is -1.06. The van der Waals surface area contributed by atoms with Gasteiger partial charge in [-0.25, -0.2) is 0 Å². The molecular formula is C13H23NO3. The van der Waals surface area contributed by atoms with Crippen molar-refractivity contribution < 1.29 is 14.7 Å². The Labute approximate surface area is 103 Å². The van der Waals surface area contributed by atoms with Gasteiger partial charge in [0.25, 0.3) is 0 Å². The van der Waals surface area contributed by atoms with Gasteiger partial charge < -0.3 is 10.0 Å². The highest BCUT2D eigenvalue weighted by molar-refractivity contribution is 5.76. The third-order valence-corrected chi connectivity index (χ3v) is 3.41.